The zero-order chi connectivity index (χ0) is 10.2. The number of hydrogen-bond donors (Lipinski definition) is 0. The molecule has 0 aromatic carbocycles. The number of nitrogens with zero attached hydrogens (tertiary/aromatic N) is 1. The van der Waals surface area contributed by atoms with E-state index in [1.165, 1.54) is 0 Å². The smallest absolute Gasteiger partial charge is 0.0619 e. The number of morpholine rings is 1. The molecule has 1 atom stereocenters. The molecular formula is C11H23NO2. The van der Waals surface area contributed by atoms with Crippen molar-refractivity contribution in [3.05, 3.63) is 0 Å². The quantitative estimate of drug-likeness (QED) is 0.608. The standard InChI is InChI=1S/C11H23NO2/c1-3-7-13-8-4-5-12-6-9-14-10-11(12)2/h11H,3-10H2,1-2H3/t11-/m0/s1. The average Bonchev–Trinajstić information content (AvgIpc) is 2.20. The van der Waals surface area contributed by atoms with Crippen LogP contribution in [0.1, 0.15) is 26.7 Å². The number of rotatable bonds is 6. The average molecular weight is 201 g/mol. The number of hydrogen-bond acceptors (Lipinski definition) is 3. The van der Waals surface area contributed by atoms with Crippen molar-refractivity contribution in [2.45, 2.75) is 32.7 Å². The summed E-state index contributed by atoms with van der Waals surface area (Å²) in [6, 6.07) is 0.579. The first-order chi connectivity index (χ1) is 6.84. The maximum absolute atomic E-state index is 5.45. The second-order valence-corrected chi connectivity index (χ2v) is 3.93. The Hall–Kier alpha value is -0.120. The van der Waals surface area contributed by atoms with E-state index >= 15 is 0 Å². The number of ether oxygens (including phenoxy) is 2. The van der Waals surface area contributed by atoms with Gasteiger partial charge < -0.3 is 9.47 Å². The summed E-state index contributed by atoms with van der Waals surface area (Å²) in [5, 5.41) is 0. The van der Waals surface area contributed by atoms with Gasteiger partial charge in [0.25, 0.3) is 0 Å². The van der Waals surface area contributed by atoms with Gasteiger partial charge in [0.1, 0.15) is 0 Å². The topological polar surface area (TPSA) is 21.7 Å². The maximum Gasteiger partial charge on any atom is 0.0619 e. The molecule has 1 fully saturated rings. The first-order valence-electron chi connectivity index (χ1n) is 5.74. The molecule has 0 aliphatic carbocycles. The highest BCUT2D eigenvalue weighted by Crippen LogP contribution is 2.06. The summed E-state index contributed by atoms with van der Waals surface area (Å²) in [7, 11) is 0. The molecule has 1 saturated heterocycles. The lowest BCUT2D eigenvalue weighted by Crippen LogP contribution is -2.44. The molecule has 1 aliphatic heterocycles. The van der Waals surface area contributed by atoms with Crippen molar-refractivity contribution < 1.29 is 9.47 Å². The summed E-state index contributed by atoms with van der Waals surface area (Å²) in [5.74, 6) is 0. The molecule has 0 aromatic heterocycles. The minimum absolute atomic E-state index is 0.579. The highest BCUT2D eigenvalue weighted by molar-refractivity contribution is 4.70. The van der Waals surface area contributed by atoms with Gasteiger partial charge in [-0.1, -0.05) is 6.92 Å². The van der Waals surface area contributed by atoms with Crippen LogP contribution in [0.4, 0.5) is 0 Å². The molecule has 0 saturated carbocycles. The fourth-order valence-electron chi connectivity index (χ4n) is 1.71. The lowest BCUT2D eigenvalue weighted by Gasteiger charge is -2.33. The van der Waals surface area contributed by atoms with Gasteiger partial charge in [-0.05, 0) is 19.8 Å². The van der Waals surface area contributed by atoms with Gasteiger partial charge in [-0.25, -0.2) is 0 Å². The van der Waals surface area contributed by atoms with Crippen LogP contribution in [-0.4, -0.2) is 50.5 Å². The summed E-state index contributed by atoms with van der Waals surface area (Å²) in [6.07, 6.45) is 2.26. The van der Waals surface area contributed by atoms with Crippen LogP contribution in [0.5, 0.6) is 0 Å². The van der Waals surface area contributed by atoms with E-state index in [1.54, 1.807) is 0 Å². The van der Waals surface area contributed by atoms with Crippen LogP contribution in [0, 0.1) is 0 Å². The Balaban J connectivity index is 1.99. The van der Waals surface area contributed by atoms with Crippen LogP contribution in [-0.2, 0) is 9.47 Å². The molecular weight excluding hydrogens is 178 g/mol. The highest BCUT2D eigenvalue weighted by atomic mass is 16.5. The van der Waals surface area contributed by atoms with Gasteiger partial charge in [0.05, 0.1) is 13.2 Å². The third-order valence-electron chi connectivity index (χ3n) is 2.59. The summed E-state index contributed by atoms with van der Waals surface area (Å²) >= 11 is 0. The van der Waals surface area contributed by atoms with Crippen molar-refractivity contribution in [3.8, 4) is 0 Å². The van der Waals surface area contributed by atoms with Crippen molar-refractivity contribution in [1.29, 1.82) is 0 Å². The molecule has 0 N–H and O–H groups in total. The molecule has 0 radical (unpaired) electrons. The van der Waals surface area contributed by atoms with E-state index in [0.717, 1.165) is 52.4 Å². The summed E-state index contributed by atoms with van der Waals surface area (Å²) in [4.78, 5) is 2.48. The van der Waals surface area contributed by atoms with Crippen LogP contribution in [0.3, 0.4) is 0 Å². The molecule has 3 nitrogen and oxygen atoms in total. The van der Waals surface area contributed by atoms with Gasteiger partial charge in [0.2, 0.25) is 0 Å². The Bertz CT molecular complexity index is 141. The van der Waals surface area contributed by atoms with E-state index in [2.05, 4.69) is 18.7 Å². The monoisotopic (exact) mass is 201 g/mol. The predicted octanol–water partition coefficient (Wildman–Crippen LogP) is 1.52. The molecule has 1 heterocycles. The minimum atomic E-state index is 0.579. The summed E-state index contributed by atoms with van der Waals surface area (Å²) in [5.41, 5.74) is 0. The van der Waals surface area contributed by atoms with E-state index < -0.39 is 0 Å². The Morgan fingerprint density at radius 1 is 1.43 bits per heavy atom. The SMILES string of the molecule is CCCOCCCN1CCOC[C@@H]1C. The van der Waals surface area contributed by atoms with E-state index in [0.29, 0.717) is 6.04 Å². The highest BCUT2D eigenvalue weighted by Gasteiger charge is 2.17. The Kier molecular flexibility index (Phi) is 6.15. The Morgan fingerprint density at radius 3 is 3.00 bits per heavy atom. The normalized spacial score (nSPS) is 24.0. The van der Waals surface area contributed by atoms with E-state index in [1.807, 2.05) is 0 Å². The van der Waals surface area contributed by atoms with Gasteiger partial charge >= 0.3 is 0 Å². The zero-order valence-electron chi connectivity index (χ0n) is 9.50. The summed E-state index contributed by atoms with van der Waals surface area (Å²) in [6.45, 7) is 10.2. The second kappa shape index (κ2) is 7.21. The van der Waals surface area contributed by atoms with E-state index in [-0.39, 0.29) is 0 Å². The van der Waals surface area contributed by atoms with Crippen LogP contribution >= 0.6 is 0 Å². The lowest BCUT2D eigenvalue weighted by molar-refractivity contribution is -0.00445. The fraction of sp³-hybridized carbons (Fsp3) is 1.00. The van der Waals surface area contributed by atoms with Gasteiger partial charge in [-0.3, -0.25) is 4.90 Å². The minimum Gasteiger partial charge on any atom is -0.381 e. The maximum atomic E-state index is 5.45. The predicted molar refractivity (Wildman–Crippen MR) is 57.6 cm³/mol. The van der Waals surface area contributed by atoms with Crippen molar-refractivity contribution in [3.63, 3.8) is 0 Å². The Morgan fingerprint density at radius 2 is 2.29 bits per heavy atom. The van der Waals surface area contributed by atoms with Crippen LogP contribution in [0.25, 0.3) is 0 Å². The fourth-order valence-corrected chi connectivity index (χ4v) is 1.71. The largest absolute Gasteiger partial charge is 0.381 e. The molecule has 14 heavy (non-hydrogen) atoms. The van der Waals surface area contributed by atoms with Gasteiger partial charge in [-0.2, -0.15) is 0 Å². The van der Waals surface area contributed by atoms with Crippen molar-refractivity contribution in [2.75, 3.05) is 39.5 Å². The molecule has 0 amide bonds. The lowest BCUT2D eigenvalue weighted by atomic mass is 10.2. The van der Waals surface area contributed by atoms with Crippen molar-refractivity contribution >= 4 is 0 Å². The second-order valence-electron chi connectivity index (χ2n) is 3.93. The van der Waals surface area contributed by atoms with Crippen molar-refractivity contribution in [2.24, 2.45) is 0 Å². The molecule has 3 heteroatoms. The van der Waals surface area contributed by atoms with Crippen molar-refractivity contribution in [1.82, 2.24) is 4.90 Å². The van der Waals surface area contributed by atoms with Gasteiger partial charge in [0, 0.05) is 32.3 Å². The first kappa shape index (κ1) is 12.0. The van der Waals surface area contributed by atoms with Crippen LogP contribution in [0.2, 0.25) is 0 Å². The summed E-state index contributed by atoms with van der Waals surface area (Å²) < 4.78 is 10.8. The molecule has 84 valence electrons. The van der Waals surface area contributed by atoms with Gasteiger partial charge in [0.15, 0.2) is 0 Å². The van der Waals surface area contributed by atoms with Crippen LogP contribution in [0.15, 0.2) is 0 Å². The molecule has 0 unspecified atom stereocenters. The molecule has 1 aliphatic rings. The van der Waals surface area contributed by atoms with E-state index in [4.69, 9.17) is 9.47 Å². The first-order valence-corrected chi connectivity index (χ1v) is 5.74. The molecule has 0 aromatic rings. The third-order valence-corrected chi connectivity index (χ3v) is 2.59. The molecule has 0 bridgehead atoms. The molecule has 1 rings (SSSR count). The zero-order valence-corrected chi connectivity index (χ0v) is 9.50. The van der Waals surface area contributed by atoms with Crippen LogP contribution < -0.4 is 0 Å². The Labute approximate surface area is 87.4 Å². The van der Waals surface area contributed by atoms with Gasteiger partial charge in [-0.15, -0.1) is 0 Å². The third kappa shape index (κ3) is 4.40. The molecule has 0 spiro atoms. The van der Waals surface area contributed by atoms with E-state index in [9.17, 15) is 0 Å².